The molecule has 1 heterocycles. The fourth-order valence-electron chi connectivity index (χ4n) is 3.11. The van der Waals surface area contributed by atoms with Crippen molar-refractivity contribution in [2.45, 2.75) is 26.2 Å². The van der Waals surface area contributed by atoms with Crippen molar-refractivity contribution in [2.24, 2.45) is 0 Å². The van der Waals surface area contributed by atoms with Gasteiger partial charge in [0, 0.05) is 16.3 Å². The molecule has 0 saturated carbocycles. The lowest BCUT2D eigenvalue weighted by Crippen LogP contribution is -2.10. The second kappa shape index (κ2) is 7.04. The van der Waals surface area contributed by atoms with Crippen LogP contribution in [0.5, 0.6) is 11.6 Å². The zero-order chi connectivity index (χ0) is 19.7. The Kier molecular flexibility index (Phi) is 4.55. The van der Waals surface area contributed by atoms with Crippen LogP contribution in [0.3, 0.4) is 0 Å². The highest BCUT2D eigenvalue weighted by Gasteiger charge is 2.15. The van der Waals surface area contributed by atoms with Crippen molar-refractivity contribution < 1.29 is 9.13 Å². The van der Waals surface area contributed by atoms with Gasteiger partial charge in [0.1, 0.15) is 17.3 Å². The van der Waals surface area contributed by atoms with Gasteiger partial charge in [0.2, 0.25) is 5.88 Å². The Hall–Kier alpha value is -3.27. The molecule has 0 aliphatic heterocycles. The van der Waals surface area contributed by atoms with Crippen molar-refractivity contribution in [3.8, 4) is 22.9 Å². The van der Waals surface area contributed by atoms with Gasteiger partial charge in [0.15, 0.2) is 0 Å². The molecular formula is C24H21FN2O. The summed E-state index contributed by atoms with van der Waals surface area (Å²) in [5.41, 5.74) is 2.83. The molecule has 4 heteroatoms. The van der Waals surface area contributed by atoms with Gasteiger partial charge in [0.25, 0.3) is 0 Å². The first-order chi connectivity index (χ1) is 13.4. The summed E-state index contributed by atoms with van der Waals surface area (Å²) in [4.78, 5) is 0. The number of hydrogen-bond acceptors (Lipinski definition) is 3. The number of hydrogen-bond donors (Lipinski definition) is 0. The van der Waals surface area contributed by atoms with Gasteiger partial charge in [-0.2, -0.15) is 0 Å². The molecule has 0 amide bonds. The van der Waals surface area contributed by atoms with E-state index in [1.807, 2.05) is 36.4 Å². The second-order valence-electron chi connectivity index (χ2n) is 7.78. The van der Waals surface area contributed by atoms with Gasteiger partial charge in [-0.05, 0) is 53.4 Å². The first-order valence-corrected chi connectivity index (χ1v) is 9.21. The number of nitrogens with zero attached hydrogens (tertiary/aromatic N) is 2. The normalized spacial score (nSPS) is 11.6. The average molecular weight is 372 g/mol. The van der Waals surface area contributed by atoms with Crippen LogP contribution in [0.1, 0.15) is 26.3 Å². The Morgan fingerprint density at radius 3 is 2.04 bits per heavy atom. The van der Waals surface area contributed by atoms with E-state index in [0.29, 0.717) is 17.3 Å². The molecule has 3 aromatic carbocycles. The lowest BCUT2D eigenvalue weighted by molar-refractivity contribution is 0.461. The highest BCUT2D eigenvalue weighted by molar-refractivity contribution is 5.97. The quantitative estimate of drug-likeness (QED) is 0.410. The van der Waals surface area contributed by atoms with Crippen molar-refractivity contribution in [1.29, 1.82) is 0 Å². The van der Waals surface area contributed by atoms with Crippen LogP contribution < -0.4 is 4.74 Å². The summed E-state index contributed by atoms with van der Waals surface area (Å²) >= 11 is 0. The molecular weight excluding hydrogens is 351 g/mol. The van der Waals surface area contributed by atoms with Gasteiger partial charge in [-0.15, -0.1) is 10.2 Å². The maximum Gasteiger partial charge on any atom is 0.246 e. The van der Waals surface area contributed by atoms with Gasteiger partial charge in [-0.25, -0.2) is 4.39 Å². The highest BCUT2D eigenvalue weighted by atomic mass is 19.1. The minimum absolute atomic E-state index is 0.0852. The Labute approximate surface area is 163 Å². The summed E-state index contributed by atoms with van der Waals surface area (Å²) in [6, 6.07) is 22.1. The average Bonchev–Trinajstić information content (AvgIpc) is 2.69. The summed E-state index contributed by atoms with van der Waals surface area (Å²) < 4.78 is 19.3. The molecule has 0 atom stereocenters. The third kappa shape index (κ3) is 3.58. The van der Waals surface area contributed by atoms with Gasteiger partial charge in [0.05, 0.1) is 0 Å². The fraction of sp³-hybridized carbons (Fsp3) is 0.167. The Bertz CT molecular complexity index is 1110. The predicted octanol–water partition coefficient (Wildman–Crippen LogP) is 6.53. The van der Waals surface area contributed by atoms with Crippen LogP contribution in [-0.4, -0.2) is 10.2 Å². The molecule has 0 saturated heterocycles. The van der Waals surface area contributed by atoms with Gasteiger partial charge < -0.3 is 4.74 Å². The Morgan fingerprint density at radius 2 is 1.39 bits per heavy atom. The number of fused-ring (bicyclic) bond motifs is 1. The van der Waals surface area contributed by atoms with E-state index in [1.165, 1.54) is 17.7 Å². The largest absolute Gasteiger partial charge is 0.437 e. The van der Waals surface area contributed by atoms with E-state index in [4.69, 9.17) is 4.74 Å². The highest BCUT2D eigenvalue weighted by Crippen LogP contribution is 2.33. The van der Waals surface area contributed by atoms with Gasteiger partial charge in [-0.1, -0.05) is 51.1 Å². The third-order valence-corrected chi connectivity index (χ3v) is 4.71. The van der Waals surface area contributed by atoms with Crippen LogP contribution in [0.15, 0.2) is 72.8 Å². The smallest absolute Gasteiger partial charge is 0.246 e. The van der Waals surface area contributed by atoms with Crippen molar-refractivity contribution in [3.05, 3.63) is 84.2 Å². The first-order valence-electron chi connectivity index (χ1n) is 9.21. The van der Waals surface area contributed by atoms with Crippen LogP contribution in [0.2, 0.25) is 0 Å². The molecule has 0 spiro atoms. The molecule has 0 N–H and O–H groups in total. The fourth-order valence-corrected chi connectivity index (χ4v) is 3.11. The van der Waals surface area contributed by atoms with Crippen molar-refractivity contribution >= 4 is 10.8 Å². The van der Waals surface area contributed by atoms with Crippen LogP contribution in [-0.2, 0) is 5.41 Å². The number of rotatable bonds is 3. The minimum atomic E-state index is -0.278. The summed E-state index contributed by atoms with van der Waals surface area (Å²) in [6.45, 7) is 6.53. The minimum Gasteiger partial charge on any atom is -0.437 e. The lowest BCUT2D eigenvalue weighted by atomic mass is 9.87. The zero-order valence-electron chi connectivity index (χ0n) is 16.1. The van der Waals surface area contributed by atoms with Gasteiger partial charge in [-0.3, -0.25) is 0 Å². The molecule has 0 unspecified atom stereocenters. The van der Waals surface area contributed by atoms with E-state index in [1.54, 1.807) is 12.1 Å². The molecule has 1 aromatic heterocycles. The van der Waals surface area contributed by atoms with Crippen molar-refractivity contribution in [2.75, 3.05) is 0 Å². The lowest BCUT2D eigenvalue weighted by Gasteiger charge is -2.19. The number of benzene rings is 3. The van der Waals surface area contributed by atoms with Gasteiger partial charge >= 0.3 is 0 Å². The maximum absolute atomic E-state index is 13.3. The molecule has 0 radical (unpaired) electrons. The van der Waals surface area contributed by atoms with Crippen LogP contribution in [0.4, 0.5) is 4.39 Å². The third-order valence-electron chi connectivity index (χ3n) is 4.71. The SMILES string of the molecule is CC(C)(C)c1ccc(Oc2nnc(-c3ccc(F)cc3)c3ccccc23)cc1. The standard InChI is InChI=1S/C24H21FN2O/c1-24(2,3)17-10-14-19(15-11-17)28-23-21-7-5-4-6-20(21)22(26-27-23)16-8-12-18(25)13-9-16/h4-15H,1-3H3. The molecule has 0 bridgehead atoms. The number of halogens is 1. The van der Waals surface area contributed by atoms with Crippen LogP contribution in [0.25, 0.3) is 22.0 Å². The molecule has 0 fully saturated rings. The molecule has 140 valence electrons. The topological polar surface area (TPSA) is 35.0 Å². The monoisotopic (exact) mass is 372 g/mol. The second-order valence-corrected chi connectivity index (χ2v) is 7.78. The van der Waals surface area contributed by atoms with Crippen LogP contribution >= 0.6 is 0 Å². The maximum atomic E-state index is 13.3. The molecule has 4 aromatic rings. The van der Waals surface area contributed by atoms with E-state index >= 15 is 0 Å². The number of aromatic nitrogens is 2. The Balaban J connectivity index is 1.73. The van der Waals surface area contributed by atoms with E-state index in [0.717, 1.165) is 16.3 Å². The van der Waals surface area contributed by atoms with E-state index < -0.39 is 0 Å². The predicted molar refractivity (Wildman–Crippen MR) is 110 cm³/mol. The molecule has 28 heavy (non-hydrogen) atoms. The number of ether oxygens (including phenoxy) is 1. The summed E-state index contributed by atoms with van der Waals surface area (Å²) in [5, 5.41) is 10.4. The summed E-state index contributed by atoms with van der Waals surface area (Å²) in [5.74, 6) is 0.881. The van der Waals surface area contributed by atoms with E-state index in [2.05, 4.69) is 43.1 Å². The zero-order valence-corrected chi connectivity index (χ0v) is 16.1. The Morgan fingerprint density at radius 1 is 0.750 bits per heavy atom. The van der Waals surface area contributed by atoms with E-state index in [9.17, 15) is 4.39 Å². The van der Waals surface area contributed by atoms with Crippen LogP contribution in [0, 0.1) is 5.82 Å². The molecule has 0 aliphatic carbocycles. The molecule has 4 rings (SSSR count). The summed E-state index contributed by atoms with van der Waals surface area (Å²) in [6.07, 6.45) is 0. The first kappa shape index (κ1) is 18.1. The molecule has 3 nitrogen and oxygen atoms in total. The van der Waals surface area contributed by atoms with Crippen molar-refractivity contribution in [1.82, 2.24) is 10.2 Å². The summed E-state index contributed by atoms with van der Waals surface area (Å²) in [7, 11) is 0. The van der Waals surface area contributed by atoms with Crippen molar-refractivity contribution in [3.63, 3.8) is 0 Å². The molecule has 0 aliphatic rings. The van der Waals surface area contributed by atoms with E-state index in [-0.39, 0.29) is 11.2 Å².